The summed E-state index contributed by atoms with van der Waals surface area (Å²) >= 11 is 0. The van der Waals surface area contributed by atoms with Gasteiger partial charge >= 0.3 is 0 Å². The molecule has 2 rings (SSSR count). The molecular formula is C12H17NO3. The maximum Gasteiger partial charge on any atom is 0.160 e. The lowest BCUT2D eigenvalue weighted by molar-refractivity contribution is 0.0885. The number of phenols is 1. The van der Waals surface area contributed by atoms with Crippen LogP contribution in [-0.4, -0.2) is 35.8 Å². The summed E-state index contributed by atoms with van der Waals surface area (Å²) in [6.45, 7) is 2.65. The smallest absolute Gasteiger partial charge is 0.160 e. The molecule has 16 heavy (non-hydrogen) atoms. The molecule has 0 aliphatic carbocycles. The number of benzene rings is 1. The summed E-state index contributed by atoms with van der Waals surface area (Å²) in [6.07, 6.45) is -0.548. The maximum absolute atomic E-state index is 9.94. The van der Waals surface area contributed by atoms with E-state index in [4.69, 9.17) is 4.74 Å². The zero-order valence-electron chi connectivity index (χ0n) is 9.77. The van der Waals surface area contributed by atoms with E-state index in [1.54, 1.807) is 12.1 Å². The van der Waals surface area contributed by atoms with Crippen molar-refractivity contribution in [2.75, 3.05) is 20.7 Å². The average molecular weight is 223 g/mol. The SMILES string of the molecule is COc1cc2c(cc1O)[C@H](O)CN(C)[C@@H]2C. The summed E-state index contributed by atoms with van der Waals surface area (Å²) in [7, 11) is 3.49. The Morgan fingerprint density at radius 2 is 2.06 bits per heavy atom. The number of nitrogens with zero attached hydrogens (tertiary/aromatic N) is 1. The van der Waals surface area contributed by atoms with Crippen molar-refractivity contribution in [2.45, 2.75) is 19.1 Å². The Balaban J connectivity index is 2.54. The summed E-state index contributed by atoms with van der Waals surface area (Å²) < 4.78 is 5.08. The molecule has 0 saturated heterocycles. The Morgan fingerprint density at radius 3 is 2.69 bits per heavy atom. The van der Waals surface area contributed by atoms with Crippen LogP contribution in [0, 0.1) is 0 Å². The van der Waals surface area contributed by atoms with Crippen molar-refractivity contribution in [1.29, 1.82) is 0 Å². The molecule has 0 radical (unpaired) electrons. The van der Waals surface area contributed by atoms with Gasteiger partial charge in [-0.1, -0.05) is 0 Å². The van der Waals surface area contributed by atoms with Crippen molar-refractivity contribution < 1.29 is 14.9 Å². The van der Waals surface area contributed by atoms with Crippen LogP contribution in [0.5, 0.6) is 11.5 Å². The highest BCUT2D eigenvalue weighted by Crippen LogP contribution is 2.39. The molecule has 4 heteroatoms. The van der Waals surface area contributed by atoms with Gasteiger partial charge in [-0.25, -0.2) is 0 Å². The van der Waals surface area contributed by atoms with E-state index in [2.05, 4.69) is 11.8 Å². The van der Waals surface area contributed by atoms with Crippen LogP contribution in [0.15, 0.2) is 12.1 Å². The van der Waals surface area contributed by atoms with Gasteiger partial charge in [0, 0.05) is 12.6 Å². The van der Waals surface area contributed by atoms with Crippen LogP contribution in [0.3, 0.4) is 0 Å². The van der Waals surface area contributed by atoms with Gasteiger partial charge < -0.3 is 14.9 Å². The largest absolute Gasteiger partial charge is 0.504 e. The van der Waals surface area contributed by atoms with Crippen molar-refractivity contribution in [3.05, 3.63) is 23.3 Å². The van der Waals surface area contributed by atoms with Gasteiger partial charge in [-0.05, 0) is 37.2 Å². The van der Waals surface area contributed by atoms with Crippen molar-refractivity contribution >= 4 is 0 Å². The van der Waals surface area contributed by atoms with Crippen LogP contribution in [0.4, 0.5) is 0 Å². The van der Waals surface area contributed by atoms with Crippen LogP contribution in [0.25, 0.3) is 0 Å². The molecule has 1 aromatic rings. The summed E-state index contributed by atoms with van der Waals surface area (Å²) in [6, 6.07) is 3.61. The van der Waals surface area contributed by atoms with Crippen LogP contribution in [-0.2, 0) is 0 Å². The highest BCUT2D eigenvalue weighted by atomic mass is 16.5. The second-order valence-electron chi connectivity index (χ2n) is 4.28. The van der Waals surface area contributed by atoms with Gasteiger partial charge in [0.25, 0.3) is 0 Å². The van der Waals surface area contributed by atoms with Gasteiger partial charge in [0.15, 0.2) is 11.5 Å². The first-order valence-corrected chi connectivity index (χ1v) is 5.33. The lowest BCUT2D eigenvalue weighted by atomic mass is 9.91. The number of methoxy groups -OCH3 is 1. The molecule has 1 aliphatic rings. The lowest BCUT2D eigenvalue weighted by Gasteiger charge is -2.35. The molecule has 1 heterocycles. The minimum Gasteiger partial charge on any atom is -0.504 e. The number of aliphatic hydroxyl groups is 1. The molecule has 0 aromatic heterocycles. The maximum atomic E-state index is 9.94. The summed E-state index contributed by atoms with van der Waals surface area (Å²) in [5.74, 6) is 0.533. The molecule has 2 atom stereocenters. The summed E-state index contributed by atoms with van der Waals surface area (Å²) in [4.78, 5) is 2.07. The van der Waals surface area contributed by atoms with E-state index in [1.165, 1.54) is 7.11 Å². The Hall–Kier alpha value is -1.26. The van der Waals surface area contributed by atoms with Crippen LogP contribution < -0.4 is 4.74 Å². The number of rotatable bonds is 1. The Morgan fingerprint density at radius 1 is 1.38 bits per heavy atom. The molecule has 88 valence electrons. The Labute approximate surface area is 95.1 Å². The van der Waals surface area contributed by atoms with E-state index in [9.17, 15) is 10.2 Å². The monoisotopic (exact) mass is 223 g/mol. The van der Waals surface area contributed by atoms with E-state index in [1.807, 2.05) is 7.05 Å². The van der Waals surface area contributed by atoms with E-state index < -0.39 is 6.10 Å². The minimum absolute atomic E-state index is 0.0806. The molecular weight excluding hydrogens is 206 g/mol. The average Bonchev–Trinajstić information content (AvgIpc) is 2.25. The van der Waals surface area contributed by atoms with Gasteiger partial charge in [-0.15, -0.1) is 0 Å². The van der Waals surface area contributed by atoms with Crippen molar-refractivity contribution in [1.82, 2.24) is 4.90 Å². The Kier molecular flexibility index (Phi) is 2.78. The fourth-order valence-corrected chi connectivity index (χ4v) is 2.18. The van der Waals surface area contributed by atoms with E-state index >= 15 is 0 Å². The molecule has 0 unspecified atom stereocenters. The number of likely N-dealkylation sites (N-methyl/N-ethyl adjacent to an activating group) is 1. The predicted octanol–water partition coefficient (Wildman–Crippen LogP) is 1.44. The van der Waals surface area contributed by atoms with Crippen molar-refractivity contribution in [3.8, 4) is 11.5 Å². The van der Waals surface area contributed by atoms with Crippen molar-refractivity contribution in [3.63, 3.8) is 0 Å². The predicted molar refractivity (Wildman–Crippen MR) is 60.7 cm³/mol. The summed E-state index contributed by atoms with van der Waals surface area (Å²) in [5.41, 5.74) is 1.81. The third-order valence-corrected chi connectivity index (χ3v) is 3.32. The second-order valence-corrected chi connectivity index (χ2v) is 4.28. The van der Waals surface area contributed by atoms with Gasteiger partial charge in [-0.3, -0.25) is 4.90 Å². The highest BCUT2D eigenvalue weighted by molar-refractivity contribution is 5.49. The highest BCUT2D eigenvalue weighted by Gasteiger charge is 2.28. The topological polar surface area (TPSA) is 52.9 Å². The van der Waals surface area contributed by atoms with Crippen LogP contribution >= 0.6 is 0 Å². The van der Waals surface area contributed by atoms with Gasteiger partial charge in [0.1, 0.15) is 0 Å². The Bertz CT molecular complexity index is 405. The third-order valence-electron chi connectivity index (χ3n) is 3.32. The lowest BCUT2D eigenvalue weighted by Crippen LogP contribution is -2.33. The van der Waals surface area contributed by atoms with Crippen LogP contribution in [0.2, 0.25) is 0 Å². The molecule has 0 fully saturated rings. The van der Waals surface area contributed by atoms with Gasteiger partial charge in [0.05, 0.1) is 13.2 Å². The molecule has 0 saturated carbocycles. The molecule has 2 N–H and O–H groups in total. The number of aromatic hydroxyl groups is 1. The zero-order valence-corrected chi connectivity index (χ0v) is 9.77. The molecule has 0 bridgehead atoms. The second kappa shape index (κ2) is 3.96. The van der Waals surface area contributed by atoms with Crippen LogP contribution in [0.1, 0.15) is 30.2 Å². The first kappa shape index (κ1) is 11.2. The minimum atomic E-state index is -0.548. The number of phenolic OH excluding ortho intramolecular Hbond substituents is 1. The number of fused-ring (bicyclic) bond motifs is 1. The standard InChI is InChI=1S/C12H17NO3/c1-7-8-5-12(16-3)10(14)4-9(8)11(15)6-13(7)2/h4-5,7,11,14-15H,6H2,1-3H3/t7-,11-/m1/s1. The third kappa shape index (κ3) is 1.64. The first-order valence-electron chi connectivity index (χ1n) is 5.33. The normalized spacial score (nSPS) is 25.2. The molecule has 0 amide bonds. The number of ether oxygens (including phenoxy) is 1. The van der Waals surface area contributed by atoms with Crippen molar-refractivity contribution in [2.24, 2.45) is 0 Å². The van der Waals surface area contributed by atoms with Gasteiger partial charge in [-0.2, -0.15) is 0 Å². The number of β-amino-alcohol motifs (C(OH)–C–C–N with tert-alkyl or cyclic N) is 1. The fraction of sp³-hybridized carbons (Fsp3) is 0.500. The quantitative estimate of drug-likeness (QED) is 0.756. The van der Waals surface area contributed by atoms with E-state index in [-0.39, 0.29) is 11.8 Å². The molecule has 0 spiro atoms. The zero-order chi connectivity index (χ0) is 11.9. The first-order chi connectivity index (χ1) is 7.54. The fourth-order valence-electron chi connectivity index (χ4n) is 2.18. The van der Waals surface area contributed by atoms with Gasteiger partial charge in [0.2, 0.25) is 0 Å². The van der Waals surface area contributed by atoms with E-state index in [0.29, 0.717) is 12.3 Å². The molecule has 4 nitrogen and oxygen atoms in total. The molecule has 1 aromatic carbocycles. The molecule has 1 aliphatic heterocycles. The number of hydrogen-bond acceptors (Lipinski definition) is 4. The number of hydrogen-bond donors (Lipinski definition) is 2. The van der Waals surface area contributed by atoms with E-state index in [0.717, 1.165) is 11.1 Å². The summed E-state index contributed by atoms with van der Waals surface area (Å²) in [5, 5.41) is 19.6. The number of aliphatic hydroxyl groups excluding tert-OH is 1.